The van der Waals surface area contributed by atoms with Gasteiger partial charge in [-0.15, -0.1) is 0 Å². The van der Waals surface area contributed by atoms with E-state index in [4.69, 9.17) is 0 Å². The van der Waals surface area contributed by atoms with Crippen LogP contribution in [-0.4, -0.2) is 41.0 Å². The van der Waals surface area contributed by atoms with Crippen molar-refractivity contribution in [3.05, 3.63) is 53.9 Å². The molecule has 0 N–H and O–H groups in total. The SMILES string of the molecule is Cc1ccc(CN2C[C@@H]3CN(c4ncccn4)C[C@@H]3C2)cc1. The first-order valence-corrected chi connectivity index (χ1v) is 8.08. The molecule has 4 rings (SSSR count). The van der Waals surface area contributed by atoms with Gasteiger partial charge in [0.1, 0.15) is 0 Å². The van der Waals surface area contributed by atoms with Crippen LogP contribution in [0.25, 0.3) is 0 Å². The van der Waals surface area contributed by atoms with Gasteiger partial charge in [0, 0.05) is 45.1 Å². The summed E-state index contributed by atoms with van der Waals surface area (Å²) >= 11 is 0. The number of likely N-dealkylation sites (tertiary alicyclic amines) is 1. The highest BCUT2D eigenvalue weighted by Gasteiger charge is 2.40. The van der Waals surface area contributed by atoms with E-state index in [0.717, 1.165) is 37.4 Å². The number of hydrogen-bond acceptors (Lipinski definition) is 4. The summed E-state index contributed by atoms with van der Waals surface area (Å²) < 4.78 is 0. The van der Waals surface area contributed by atoms with Crippen molar-refractivity contribution in [3.63, 3.8) is 0 Å². The maximum Gasteiger partial charge on any atom is 0.225 e. The van der Waals surface area contributed by atoms with Crippen LogP contribution in [0.5, 0.6) is 0 Å². The molecule has 1 aromatic heterocycles. The Hall–Kier alpha value is -1.94. The number of rotatable bonds is 3. The summed E-state index contributed by atoms with van der Waals surface area (Å²) in [7, 11) is 0. The Morgan fingerprint density at radius 2 is 1.59 bits per heavy atom. The third-order valence-corrected chi connectivity index (χ3v) is 4.92. The molecule has 0 radical (unpaired) electrons. The second-order valence-corrected chi connectivity index (χ2v) is 6.65. The third kappa shape index (κ3) is 2.71. The molecule has 2 aromatic rings. The smallest absolute Gasteiger partial charge is 0.225 e. The Bertz CT molecular complexity index is 611. The monoisotopic (exact) mass is 294 g/mol. The summed E-state index contributed by atoms with van der Waals surface area (Å²) in [5, 5.41) is 0. The molecular weight excluding hydrogens is 272 g/mol. The van der Waals surface area contributed by atoms with Gasteiger partial charge in [-0.05, 0) is 30.4 Å². The van der Waals surface area contributed by atoms with Crippen molar-refractivity contribution in [2.24, 2.45) is 11.8 Å². The lowest BCUT2D eigenvalue weighted by Gasteiger charge is -2.21. The van der Waals surface area contributed by atoms with Crippen molar-refractivity contribution < 1.29 is 0 Å². The van der Waals surface area contributed by atoms with Crippen molar-refractivity contribution in [1.82, 2.24) is 14.9 Å². The van der Waals surface area contributed by atoms with Crippen LogP contribution in [0.15, 0.2) is 42.7 Å². The van der Waals surface area contributed by atoms with Gasteiger partial charge in [-0.25, -0.2) is 9.97 Å². The van der Waals surface area contributed by atoms with E-state index in [9.17, 15) is 0 Å². The number of fused-ring (bicyclic) bond motifs is 1. The lowest BCUT2D eigenvalue weighted by atomic mass is 10.0. The third-order valence-electron chi connectivity index (χ3n) is 4.92. The molecule has 0 unspecified atom stereocenters. The minimum Gasteiger partial charge on any atom is -0.340 e. The molecule has 4 heteroatoms. The molecule has 22 heavy (non-hydrogen) atoms. The zero-order valence-corrected chi connectivity index (χ0v) is 13.0. The zero-order chi connectivity index (χ0) is 14.9. The normalized spacial score (nSPS) is 24.7. The van der Waals surface area contributed by atoms with E-state index < -0.39 is 0 Å². The van der Waals surface area contributed by atoms with Crippen LogP contribution in [0.2, 0.25) is 0 Å². The molecule has 0 bridgehead atoms. The summed E-state index contributed by atoms with van der Waals surface area (Å²) in [4.78, 5) is 13.7. The summed E-state index contributed by atoms with van der Waals surface area (Å²) in [5.41, 5.74) is 2.76. The van der Waals surface area contributed by atoms with Crippen LogP contribution in [0, 0.1) is 18.8 Å². The molecule has 0 saturated carbocycles. The standard InChI is InChI=1S/C18H22N4/c1-14-3-5-15(6-4-14)9-21-10-16-12-22(13-17(16)11-21)18-19-7-2-8-20-18/h2-8,16-17H,9-13H2,1H3/t16-,17+. The van der Waals surface area contributed by atoms with Crippen molar-refractivity contribution in [3.8, 4) is 0 Å². The molecule has 3 heterocycles. The van der Waals surface area contributed by atoms with Crippen LogP contribution in [0.3, 0.4) is 0 Å². The van der Waals surface area contributed by atoms with Gasteiger partial charge in [0.2, 0.25) is 5.95 Å². The lowest BCUT2D eigenvalue weighted by molar-refractivity contribution is 0.308. The molecule has 2 saturated heterocycles. The van der Waals surface area contributed by atoms with Crippen LogP contribution in [-0.2, 0) is 6.54 Å². The molecular formula is C18H22N4. The second-order valence-electron chi connectivity index (χ2n) is 6.65. The van der Waals surface area contributed by atoms with Gasteiger partial charge >= 0.3 is 0 Å². The fourth-order valence-corrected chi connectivity index (χ4v) is 3.79. The van der Waals surface area contributed by atoms with Gasteiger partial charge in [-0.3, -0.25) is 4.90 Å². The van der Waals surface area contributed by atoms with Gasteiger partial charge in [-0.1, -0.05) is 29.8 Å². The quantitative estimate of drug-likeness (QED) is 0.870. The van der Waals surface area contributed by atoms with E-state index in [1.807, 2.05) is 18.5 Å². The Kier molecular flexibility index (Phi) is 3.54. The molecule has 2 aliphatic rings. The highest BCUT2D eigenvalue weighted by Crippen LogP contribution is 2.33. The van der Waals surface area contributed by atoms with Crippen LogP contribution in [0.4, 0.5) is 5.95 Å². The maximum absolute atomic E-state index is 4.38. The topological polar surface area (TPSA) is 32.3 Å². The van der Waals surface area contributed by atoms with Crippen molar-refractivity contribution in [2.75, 3.05) is 31.1 Å². The minimum atomic E-state index is 0.759. The predicted octanol–water partition coefficient (Wildman–Crippen LogP) is 2.35. The van der Waals surface area contributed by atoms with E-state index in [-0.39, 0.29) is 0 Å². The molecule has 0 spiro atoms. The molecule has 2 fully saturated rings. The predicted molar refractivity (Wildman–Crippen MR) is 87.7 cm³/mol. The summed E-state index contributed by atoms with van der Waals surface area (Å²) in [6, 6.07) is 10.8. The highest BCUT2D eigenvalue weighted by molar-refractivity contribution is 5.32. The van der Waals surface area contributed by atoms with Gasteiger partial charge in [-0.2, -0.15) is 0 Å². The first-order valence-electron chi connectivity index (χ1n) is 8.08. The molecule has 0 aliphatic carbocycles. The van der Waals surface area contributed by atoms with E-state index >= 15 is 0 Å². The average molecular weight is 294 g/mol. The van der Waals surface area contributed by atoms with Crippen molar-refractivity contribution in [2.45, 2.75) is 13.5 Å². The first-order chi connectivity index (χ1) is 10.8. The molecule has 1 aromatic carbocycles. The lowest BCUT2D eigenvalue weighted by Crippen LogP contribution is -2.29. The van der Waals surface area contributed by atoms with Crippen LogP contribution < -0.4 is 4.90 Å². The fourth-order valence-electron chi connectivity index (χ4n) is 3.79. The molecule has 114 valence electrons. The Balaban J connectivity index is 1.36. The molecule has 4 nitrogen and oxygen atoms in total. The summed E-state index contributed by atoms with van der Waals surface area (Å²) in [6.07, 6.45) is 3.67. The Labute approximate surface area is 131 Å². The number of hydrogen-bond donors (Lipinski definition) is 0. The molecule has 2 atom stereocenters. The Morgan fingerprint density at radius 3 is 2.23 bits per heavy atom. The van der Waals surface area contributed by atoms with E-state index in [2.05, 4.69) is 51.0 Å². The number of aromatic nitrogens is 2. The zero-order valence-electron chi connectivity index (χ0n) is 13.0. The van der Waals surface area contributed by atoms with Crippen LogP contribution >= 0.6 is 0 Å². The number of aryl methyl sites for hydroxylation is 1. The van der Waals surface area contributed by atoms with Crippen LogP contribution in [0.1, 0.15) is 11.1 Å². The van der Waals surface area contributed by atoms with E-state index in [0.29, 0.717) is 0 Å². The summed E-state index contributed by atoms with van der Waals surface area (Å²) in [5.74, 6) is 2.41. The van der Waals surface area contributed by atoms with Gasteiger partial charge in [0.05, 0.1) is 0 Å². The summed E-state index contributed by atoms with van der Waals surface area (Å²) in [6.45, 7) is 7.81. The van der Waals surface area contributed by atoms with E-state index in [1.54, 1.807) is 0 Å². The number of nitrogens with zero attached hydrogens (tertiary/aromatic N) is 4. The van der Waals surface area contributed by atoms with Crippen molar-refractivity contribution >= 4 is 5.95 Å². The maximum atomic E-state index is 4.38. The fraction of sp³-hybridized carbons (Fsp3) is 0.444. The van der Waals surface area contributed by atoms with Crippen molar-refractivity contribution in [1.29, 1.82) is 0 Å². The van der Waals surface area contributed by atoms with E-state index in [1.165, 1.54) is 24.2 Å². The minimum absolute atomic E-state index is 0.759. The second kappa shape index (κ2) is 5.69. The Morgan fingerprint density at radius 1 is 0.955 bits per heavy atom. The van der Waals surface area contributed by atoms with Gasteiger partial charge < -0.3 is 4.90 Å². The molecule has 0 amide bonds. The highest BCUT2D eigenvalue weighted by atomic mass is 15.3. The van der Waals surface area contributed by atoms with Gasteiger partial charge in [0.25, 0.3) is 0 Å². The first kappa shape index (κ1) is 13.7. The van der Waals surface area contributed by atoms with Gasteiger partial charge in [0.15, 0.2) is 0 Å². The average Bonchev–Trinajstić information content (AvgIpc) is 3.09. The largest absolute Gasteiger partial charge is 0.340 e. The number of anilines is 1. The molecule has 2 aliphatic heterocycles. The number of benzene rings is 1.